The van der Waals surface area contributed by atoms with Gasteiger partial charge in [-0.1, -0.05) is 24.3 Å². The quantitative estimate of drug-likeness (QED) is 0.265. The Balaban J connectivity index is 2.19. The summed E-state index contributed by atoms with van der Waals surface area (Å²) in [5, 5.41) is 0. The molecule has 0 radical (unpaired) electrons. The van der Waals surface area contributed by atoms with E-state index in [-0.39, 0.29) is 19.7 Å². The molecule has 0 saturated carbocycles. The van der Waals surface area contributed by atoms with Crippen molar-refractivity contribution in [3.8, 4) is 17.2 Å². The van der Waals surface area contributed by atoms with Crippen molar-refractivity contribution in [2.45, 2.75) is 13.2 Å². The van der Waals surface area contributed by atoms with E-state index in [2.05, 4.69) is 4.74 Å². The van der Waals surface area contributed by atoms with E-state index >= 15 is 0 Å². The number of hydrogen-bond acceptors (Lipinski definition) is 10. The van der Waals surface area contributed by atoms with Crippen LogP contribution in [0.1, 0.15) is 6.92 Å². The van der Waals surface area contributed by atoms with Crippen LogP contribution in [0.5, 0.6) is 17.2 Å². The van der Waals surface area contributed by atoms with Gasteiger partial charge in [-0.25, -0.2) is 4.79 Å². The van der Waals surface area contributed by atoms with Crippen molar-refractivity contribution in [1.82, 2.24) is 0 Å². The van der Waals surface area contributed by atoms with E-state index in [9.17, 15) is 14.4 Å². The lowest BCUT2D eigenvalue weighted by atomic mass is 10.2. The molecule has 0 amide bonds. The predicted molar refractivity (Wildman–Crippen MR) is 117 cm³/mol. The van der Waals surface area contributed by atoms with Crippen molar-refractivity contribution in [3.63, 3.8) is 0 Å². The summed E-state index contributed by atoms with van der Waals surface area (Å²) in [6.45, 7) is 1.01. The number of esters is 3. The molecule has 2 aromatic rings. The maximum absolute atomic E-state index is 11.9. The molecule has 2 rings (SSSR count). The van der Waals surface area contributed by atoms with Crippen LogP contribution >= 0.6 is 0 Å². The van der Waals surface area contributed by atoms with Gasteiger partial charge in [-0.3, -0.25) is 9.59 Å². The zero-order chi connectivity index (χ0) is 24.2. The molecule has 0 bridgehead atoms. The number of rotatable bonds is 12. The van der Waals surface area contributed by atoms with E-state index in [0.29, 0.717) is 22.9 Å². The number of ether oxygens (including phenoxy) is 6. The van der Waals surface area contributed by atoms with Gasteiger partial charge in [-0.05, 0) is 24.3 Å². The Morgan fingerprint density at radius 1 is 0.727 bits per heavy atom. The van der Waals surface area contributed by atoms with E-state index in [4.69, 9.17) is 23.7 Å². The summed E-state index contributed by atoms with van der Waals surface area (Å²) in [4.78, 5) is 36.6. The first-order valence-corrected chi connectivity index (χ1v) is 9.97. The molecule has 33 heavy (non-hydrogen) atoms. The molecule has 1 unspecified atom stereocenters. The summed E-state index contributed by atoms with van der Waals surface area (Å²) in [5.41, 5.74) is 0.471. The van der Waals surface area contributed by atoms with Crippen molar-refractivity contribution >= 4 is 23.6 Å². The molecule has 178 valence electrons. The Morgan fingerprint density at radius 3 is 1.79 bits per heavy atom. The van der Waals surface area contributed by atoms with Crippen molar-refractivity contribution in [1.29, 1.82) is 0 Å². The summed E-state index contributed by atoms with van der Waals surface area (Å²) in [6, 6.07) is 13.6. The molecule has 0 aromatic heterocycles. The first-order valence-electron chi connectivity index (χ1n) is 9.97. The number of nitrogens with zero attached hydrogens (tertiary/aromatic N) is 1. The summed E-state index contributed by atoms with van der Waals surface area (Å²) < 4.78 is 31.3. The topological polar surface area (TPSA) is 110 Å². The molecule has 10 nitrogen and oxygen atoms in total. The number of hydrogen-bond donors (Lipinski definition) is 0. The van der Waals surface area contributed by atoms with Gasteiger partial charge in [-0.2, -0.15) is 0 Å². The number of para-hydroxylation sites is 4. The van der Waals surface area contributed by atoms with Crippen molar-refractivity contribution in [2.75, 3.05) is 45.9 Å². The average molecular weight is 461 g/mol. The third-order valence-corrected chi connectivity index (χ3v) is 4.31. The van der Waals surface area contributed by atoms with Gasteiger partial charge in [-0.15, -0.1) is 0 Å². The summed E-state index contributed by atoms with van der Waals surface area (Å²) in [7, 11) is 3.79. The van der Waals surface area contributed by atoms with Crippen molar-refractivity contribution < 1.29 is 42.8 Å². The van der Waals surface area contributed by atoms with Crippen LogP contribution in [0.3, 0.4) is 0 Å². The Bertz CT molecular complexity index is 929. The lowest BCUT2D eigenvalue weighted by Crippen LogP contribution is -2.36. The highest BCUT2D eigenvalue weighted by atomic mass is 16.7. The van der Waals surface area contributed by atoms with Crippen LogP contribution in [0, 0.1) is 0 Å². The molecule has 0 aliphatic carbocycles. The fourth-order valence-corrected chi connectivity index (χ4v) is 2.73. The van der Waals surface area contributed by atoms with Crippen LogP contribution in [-0.2, 0) is 28.6 Å². The fraction of sp³-hybridized carbons (Fsp3) is 0.348. The zero-order valence-corrected chi connectivity index (χ0v) is 18.9. The largest absolute Gasteiger partial charge is 0.478 e. The van der Waals surface area contributed by atoms with E-state index in [0.717, 1.165) is 0 Å². The second-order valence-electron chi connectivity index (χ2n) is 6.59. The van der Waals surface area contributed by atoms with Gasteiger partial charge in [0.25, 0.3) is 0 Å². The Morgan fingerprint density at radius 2 is 1.21 bits per heavy atom. The predicted octanol–water partition coefficient (Wildman–Crippen LogP) is 2.19. The number of benzene rings is 2. The highest BCUT2D eigenvalue weighted by Gasteiger charge is 2.21. The lowest BCUT2D eigenvalue weighted by molar-refractivity contribution is -0.143. The molecule has 1 atom stereocenters. The van der Waals surface area contributed by atoms with Crippen LogP contribution in [0.25, 0.3) is 0 Å². The highest BCUT2D eigenvalue weighted by Crippen LogP contribution is 2.31. The highest BCUT2D eigenvalue weighted by molar-refractivity contribution is 5.82. The molecule has 0 spiro atoms. The molecule has 0 aliphatic heterocycles. The number of anilines is 1. The molecule has 10 heteroatoms. The van der Waals surface area contributed by atoms with Crippen LogP contribution in [0.2, 0.25) is 0 Å². The van der Waals surface area contributed by atoms with Gasteiger partial charge < -0.3 is 33.3 Å². The Kier molecular flexibility index (Phi) is 9.81. The Hall–Kier alpha value is -3.95. The van der Waals surface area contributed by atoms with Crippen LogP contribution in [-0.4, -0.2) is 65.2 Å². The zero-order valence-electron chi connectivity index (χ0n) is 18.9. The molecule has 0 fully saturated rings. The monoisotopic (exact) mass is 461 g/mol. The van der Waals surface area contributed by atoms with Crippen LogP contribution in [0.15, 0.2) is 48.5 Å². The van der Waals surface area contributed by atoms with E-state index in [1.165, 1.54) is 26.2 Å². The fourth-order valence-electron chi connectivity index (χ4n) is 2.73. The van der Waals surface area contributed by atoms with Gasteiger partial charge in [0.2, 0.25) is 6.29 Å². The molecule has 0 aliphatic rings. The Labute approximate surface area is 191 Å². The molecular weight excluding hydrogens is 434 g/mol. The van der Waals surface area contributed by atoms with Gasteiger partial charge >= 0.3 is 17.9 Å². The average Bonchev–Trinajstić information content (AvgIpc) is 2.82. The smallest absolute Gasteiger partial charge is 0.343 e. The number of carbonyl (C=O) groups is 3. The van der Waals surface area contributed by atoms with E-state index < -0.39 is 24.2 Å². The molecule has 0 N–H and O–H groups in total. The van der Waals surface area contributed by atoms with Gasteiger partial charge in [0.15, 0.2) is 18.1 Å². The maximum Gasteiger partial charge on any atom is 0.343 e. The van der Waals surface area contributed by atoms with Crippen molar-refractivity contribution in [2.24, 2.45) is 0 Å². The normalized spacial score (nSPS) is 11.0. The minimum Gasteiger partial charge on any atom is -0.478 e. The lowest BCUT2D eigenvalue weighted by Gasteiger charge is -2.26. The minimum atomic E-state index is -0.799. The van der Waals surface area contributed by atoms with Crippen LogP contribution < -0.4 is 19.1 Å². The first kappa shape index (κ1) is 25.3. The summed E-state index contributed by atoms with van der Waals surface area (Å²) in [6.07, 6.45) is -0.799. The second-order valence-corrected chi connectivity index (χ2v) is 6.59. The van der Waals surface area contributed by atoms with Gasteiger partial charge in [0.05, 0.1) is 27.0 Å². The number of carbonyl (C=O) groups excluding carboxylic acids is 3. The number of methoxy groups -OCH3 is 3. The first-order chi connectivity index (χ1) is 15.9. The third kappa shape index (κ3) is 7.91. The second kappa shape index (κ2) is 12.8. The summed E-state index contributed by atoms with van der Waals surface area (Å²) >= 11 is 0. The SMILES string of the molecule is COC(=O)COc1ccccc1OC(C)Oc1ccccc1N(CC(=O)OC)CC(=O)OC. The minimum absolute atomic E-state index is 0.189. The molecular formula is C23H27NO9. The van der Waals surface area contributed by atoms with E-state index in [1.54, 1.807) is 55.5 Å². The molecule has 2 aromatic carbocycles. The molecule has 0 heterocycles. The molecule has 0 saturated heterocycles. The van der Waals surface area contributed by atoms with Crippen molar-refractivity contribution in [3.05, 3.63) is 48.5 Å². The van der Waals surface area contributed by atoms with Crippen LogP contribution in [0.4, 0.5) is 5.69 Å². The summed E-state index contributed by atoms with van der Waals surface area (Å²) in [5.74, 6) is -0.536. The third-order valence-electron chi connectivity index (χ3n) is 4.31. The van der Waals surface area contributed by atoms with Gasteiger partial charge in [0, 0.05) is 6.92 Å². The standard InChI is InChI=1S/C23H27NO9/c1-16(33-20-12-8-7-11-19(20)31-15-23(27)30-4)32-18-10-6-5-9-17(18)24(13-21(25)28-2)14-22(26)29-3/h5-12,16H,13-15H2,1-4H3. The maximum atomic E-state index is 11.9. The van der Waals surface area contributed by atoms with E-state index in [1.807, 2.05) is 0 Å². The van der Waals surface area contributed by atoms with Gasteiger partial charge in [0.1, 0.15) is 18.8 Å².